The SMILES string of the molecule is ClCCl.Nc1ccc(-c2cc3c(cc2Cl)OC(F)(F)O3)cn1.O=C(Cl)c1c(F)cccc1F.O=C(Nc1ccc(-c2cc3c(cc2Cl)OC(F)(F)O3)cn1)c1c(F)cccc1F. The van der Waals surface area contributed by atoms with Crippen LogP contribution in [-0.2, 0) is 0 Å². The van der Waals surface area contributed by atoms with Crippen molar-refractivity contribution in [3.63, 3.8) is 0 Å². The Morgan fingerprint density at radius 1 is 0.613 bits per heavy atom. The zero-order valence-corrected chi connectivity index (χ0v) is 34.1. The number of hydrogen-bond donors (Lipinski definition) is 2. The summed E-state index contributed by atoms with van der Waals surface area (Å²) in [5.41, 5.74) is 5.94. The van der Waals surface area contributed by atoms with Crippen LogP contribution in [0.2, 0.25) is 10.0 Å². The van der Waals surface area contributed by atoms with E-state index in [1.54, 1.807) is 12.1 Å². The molecule has 0 bridgehead atoms. The summed E-state index contributed by atoms with van der Waals surface area (Å²) in [6, 6.07) is 17.4. The lowest BCUT2D eigenvalue weighted by Gasteiger charge is -2.09. The number of nitrogens with two attached hydrogens (primary N) is 1. The summed E-state index contributed by atoms with van der Waals surface area (Å²) >= 11 is 26.6. The van der Waals surface area contributed by atoms with E-state index in [0.29, 0.717) is 28.1 Å². The standard InChI is InChI=1S/C19H9ClF4N2O3.C12H7ClF2N2O2.C7H3ClF2O.CH2Cl2/c20-11-7-15-14(28-19(23,24)29-15)6-10(11)9-4-5-16(25-8-9)26-18(27)17-12(21)2-1-3-13(17)22;13-8-4-10-9(18-12(14,15)19-10)3-7(8)6-1-2-11(16)17-5-6;8-7(11)6-4(9)2-1-3-5(6)10;2-1-3/h1-8H,(H,25,26,27);1-5H,(H2,16,17);1-3H;1H2. The van der Waals surface area contributed by atoms with Crippen LogP contribution in [0.1, 0.15) is 20.7 Å². The predicted octanol–water partition coefficient (Wildman–Crippen LogP) is 12.3. The van der Waals surface area contributed by atoms with Gasteiger partial charge in [-0.25, -0.2) is 27.5 Å². The van der Waals surface area contributed by atoms with Gasteiger partial charge in [0.25, 0.3) is 11.1 Å². The molecular weight excluding hydrogens is 950 g/mol. The number of aromatic nitrogens is 2. The van der Waals surface area contributed by atoms with Crippen LogP contribution in [0.5, 0.6) is 23.0 Å². The average Bonchev–Trinajstić information content (AvgIpc) is 3.66. The molecule has 1 amide bonds. The molecular formula is C39H21Cl5F8N4O6. The lowest BCUT2D eigenvalue weighted by molar-refractivity contribution is -0.287. The Balaban J connectivity index is 0.000000188. The summed E-state index contributed by atoms with van der Waals surface area (Å²) in [5, 5.41) is 1.71. The minimum Gasteiger partial charge on any atom is -0.395 e. The monoisotopic (exact) mass is 968 g/mol. The lowest BCUT2D eigenvalue weighted by atomic mass is 10.1. The zero-order chi connectivity index (χ0) is 45.5. The Labute approximate surface area is 368 Å². The molecule has 8 rings (SSSR count). The van der Waals surface area contributed by atoms with Gasteiger partial charge in [-0.1, -0.05) is 35.3 Å². The van der Waals surface area contributed by atoms with Gasteiger partial charge in [-0.15, -0.1) is 40.8 Å². The van der Waals surface area contributed by atoms with E-state index in [4.69, 9.17) is 63.7 Å². The van der Waals surface area contributed by atoms with Gasteiger partial charge in [0, 0.05) is 46.8 Å². The van der Waals surface area contributed by atoms with Crippen molar-refractivity contribution in [2.75, 3.05) is 16.4 Å². The lowest BCUT2D eigenvalue weighted by Crippen LogP contribution is -2.25. The predicted molar refractivity (Wildman–Crippen MR) is 214 cm³/mol. The molecule has 0 aliphatic carbocycles. The van der Waals surface area contributed by atoms with E-state index in [0.717, 1.165) is 36.4 Å². The van der Waals surface area contributed by atoms with Crippen LogP contribution in [0.15, 0.2) is 97.3 Å². The van der Waals surface area contributed by atoms with Gasteiger partial charge >= 0.3 is 12.6 Å². The highest BCUT2D eigenvalue weighted by molar-refractivity contribution is 6.67. The number of carbonyl (C=O) groups excluding carboxylic acids is 2. The van der Waals surface area contributed by atoms with Gasteiger partial charge in [-0.3, -0.25) is 9.59 Å². The molecule has 0 radical (unpaired) electrons. The highest BCUT2D eigenvalue weighted by atomic mass is 35.5. The first-order valence-electron chi connectivity index (χ1n) is 16.6. The first kappa shape index (κ1) is 47.3. The zero-order valence-electron chi connectivity index (χ0n) is 30.3. The van der Waals surface area contributed by atoms with E-state index in [9.17, 15) is 44.7 Å². The first-order valence-corrected chi connectivity index (χ1v) is 18.8. The molecule has 3 N–H and O–H groups in total. The molecule has 6 aromatic rings. The first-order chi connectivity index (χ1) is 29.2. The number of pyridine rings is 2. The summed E-state index contributed by atoms with van der Waals surface area (Å²) < 4.78 is 122. The maximum absolute atomic E-state index is 13.7. The smallest absolute Gasteiger partial charge is 0.395 e. The molecule has 4 heterocycles. The third kappa shape index (κ3) is 11.8. The minimum atomic E-state index is -3.78. The number of benzene rings is 4. The van der Waals surface area contributed by atoms with E-state index < -0.39 is 58.1 Å². The second kappa shape index (κ2) is 19.9. The fourth-order valence-electron chi connectivity index (χ4n) is 5.16. The fourth-order valence-corrected chi connectivity index (χ4v) is 5.86. The number of fused-ring (bicyclic) bond motifs is 2. The van der Waals surface area contributed by atoms with Gasteiger partial charge in [0.2, 0.25) is 0 Å². The Hall–Kier alpha value is -5.79. The number of hydrogen-bond acceptors (Lipinski definition) is 9. The van der Waals surface area contributed by atoms with Gasteiger partial charge < -0.3 is 30.0 Å². The Morgan fingerprint density at radius 3 is 1.35 bits per heavy atom. The van der Waals surface area contributed by atoms with Gasteiger partial charge in [0.15, 0.2) is 23.0 Å². The number of ether oxygens (including phenoxy) is 4. The molecule has 0 unspecified atom stereocenters. The van der Waals surface area contributed by atoms with Crippen LogP contribution in [0.25, 0.3) is 22.3 Å². The molecule has 23 heteroatoms. The highest BCUT2D eigenvalue weighted by Crippen LogP contribution is 2.47. The molecule has 2 aliphatic heterocycles. The average molecular weight is 971 g/mol. The number of halogens is 13. The van der Waals surface area contributed by atoms with E-state index in [1.807, 2.05) is 0 Å². The third-order valence-corrected chi connectivity index (χ3v) is 8.56. The summed E-state index contributed by atoms with van der Waals surface area (Å²) in [5.74, 6) is -5.10. The molecule has 324 valence electrons. The second-order valence-corrected chi connectivity index (χ2v) is 13.8. The van der Waals surface area contributed by atoms with Crippen LogP contribution in [0.4, 0.5) is 46.8 Å². The number of nitrogens with one attached hydrogen (secondary N) is 1. The molecule has 2 aromatic heterocycles. The van der Waals surface area contributed by atoms with Crippen LogP contribution < -0.4 is 30.0 Å². The normalized spacial score (nSPS) is 13.3. The van der Waals surface area contributed by atoms with Crippen molar-refractivity contribution >= 4 is 80.8 Å². The number of nitrogens with zero attached hydrogens (tertiary/aromatic N) is 2. The van der Waals surface area contributed by atoms with Gasteiger partial charge in [0.1, 0.15) is 46.0 Å². The topological polar surface area (TPSA) is 135 Å². The molecule has 0 atom stereocenters. The minimum absolute atomic E-state index is 0.0183. The van der Waals surface area contributed by atoms with E-state index in [2.05, 4.69) is 34.2 Å². The maximum Gasteiger partial charge on any atom is 0.586 e. The van der Waals surface area contributed by atoms with Crippen LogP contribution in [0.3, 0.4) is 0 Å². The molecule has 10 nitrogen and oxygen atoms in total. The van der Waals surface area contributed by atoms with Gasteiger partial charge in [-0.05, 0) is 72.3 Å². The van der Waals surface area contributed by atoms with Crippen molar-refractivity contribution in [2.24, 2.45) is 0 Å². The van der Waals surface area contributed by atoms with E-state index in [-0.39, 0.29) is 44.2 Å². The highest BCUT2D eigenvalue weighted by Gasteiger charge is 2.45. The Kier molecular flexibility index (Phi) is 15.2. The van der Waals surface area contributed by atoms with Gasteiger partial charge in [0.05, 0.1) is 15.4 Å². The third-order valence-electron chi connectivity index (χ3n) is 7.74. The van der Waals surface area contributed by atoms with Crippen molar-refractivity contribution in [2.45, 2.75) is 12.6 Å². The maximum atomic E-state index is 13.7. The number of nitrogen functional groups attached to an aromatic ring is 1. The van der Waals surface area contributed by atoms with Crippen LogP contribution >= 0.6 is 58.0 Å². The summed E-state index contributed by atoms with van der Waals surface area (Å²) in [6.07, 6.45) is -4.64. The van der Waals surface area contributed by atoms with Crippen LogP contribution in [0, 0.1) is 23.3 Å². The van der Waals surface area contributed by atoms with Crippen molar-refractivity contribution in [1.29, 1.82) is 0 Å². The fraction of sp³-hybridized carbons (Fsp3) is 0.0769. The summed E-state index contributed by atoms with van der Waals surface area (Å²) in [6.45, 7) is 0. The van der Waals surface area contributed by atoms with Crippen molar-refractivity contribution in [1.82, 2.24) is 9.97 Å². The molecule has 0 fully saturated rings. The van der Waals surface area contributed by atoms with Crippen molar-refractivity contribution in [3.8, 4) is 45.3 Å². The number of alkyl halides is 6. The molecule has 62 heavy (non-hydrogen) atoms. The molecule has 0 saturated heterocycles. The number of anilines is 2. The largest absolute Gasteiger partial charge is 0.586 e. The quantitative estimate of drug-likeness (QED) is 0.0983. The van der Waals surface area contributed by atoms with Gasteiger partial charge in [-0.2, -0.15) is 0 Å². The van der Waals surface area contributed by atoms with Crippen molar-refractivity contribution < 1.29 is 63.7 Å². The number of rotatable bonds is 5. The molecule has 2 aliphatic rings. The van der Waals surface area contributed by atoms with E-state index in [1.165, 1.54) is 48.8 Å². The van der Waals surface area contributed by atoms with Crippen LogP contribution in [-0.4, -0.2) is 39.0 Å². The molecule has 0 spiro atoms. The Bertz CT molecular complexity index is 2580. The van der Waals surface area contributed by atoms with Crippen molar-refractivity contribution in [3.05, 3.63) is 142 Å². The number of carbonyl (C=O) groups is 2. The van der Waals surface area contributed by atoms with E-state index >= 15 is 0 Å². The summed E-state index contributed by atoms with van der Waals surface area (Å²) in [4.78, 5) is 30.4. The summed E-state index contributed by atoms with van der Waals surface area (Å²) in [7, 11) is 0. The molecule has 0 saturated carbocycles. The Morgan fingerprint density at radius 2 is 1.00 bits per heavy atom. The number of amides is 1. The molecule has 4 aromatic carbocycles. The second-order valence-electron chi connectivity index (χ2n) is 11.8.